The van der Waals surface area contributed by atoms with Gasteiger partial charge in [-0.05, 0) is 43.6 Å². The molecule has 1 aliphatic heterocycles. The maximum absolute atomic E-state index is 12.9. The van der Waals surface area contributed by atoms with Gasteiger partial charge in [-0.25, -0.2) is 4.39 Å². The minimum atomic E-state index is -0.310. The normalized spacial score (nSPS) is 18.5. The van der Waals surface area contributed by atoms with E-state index in [0.29, 0.717) is 6.42 Å². The van der Waals surface area contributed by atoms with Crippen molar-refractivity contribution in [1.29, 1.82) is 0 Å². The second-order valence-corrected chi connectivity index (χ2v) is 4.83. The molecule has 3 nitrogen and oxygen atoms in total. The van der Waals surface area contributed by atoms with E-state index in [1.165, 1.54) is 18.6 Å². The second-order valence-electron chi connectivity index (χ2n) is 4.83. The minimum absolute atomic E-state index is 0.0107. The largest absolute Gasteiger partial charge is 0.370 e. The summed E-state index contributed by atoms with van der Waals surface area (Å²) in [7, 11) is 0. The van der Waals surface area contributed by atoms with E-state index in [4.69, 9.17) is 5.73 Å². The molecular weight excluding hydrogens is 231 g/mol. The van der Waals surface area contributed by atoms with E-state index in [2.05, 4.69) is 4.90 Å². The van der Waals surface area contributed by atoms with Crippen LogP contribution in [0.2, 0.25) is 0 Å². The molecular formula is C14H19FN2O. The molecule has 0 saturated carbocycles. The number of nitrogens with zero attached hydrogens (tertiary/aromatic N) is 1. The van der Waals surface area contributed by atoms with Crippen molar-refractivity contribution in [3.8, 4) is 0 Å². The molecule has 98 valence electrons. The molecule has 0 bridgehead atoms. The fraction of sp³-hybridized carbons (Fsp3) is 0.500. The van der Waals surface area contributed by atoms with Crippen molar-refractivity contribution in [2.45, 2.75) is 31.7 Å². The van der Waals surface area contributed by atoms with Crippen LogP contribution >= 0.6 is 0 Å². The number of benzene rings is 1. The maximum Gasteiger partial charge on any atom is 0.219 e. The van der Waals surface area contributed by atoms with Gasteiger partial charge in [0.15, 0.2) is 0 Å². The lowest BCUT2D eigenvalue weighted by molar-refractivity contribution is -0.119. The lowest BCUT2D eigenvalue weighted by Crippen LogP contribution is -2.36. The third-order valence-corrected chi connectivity index (χ3v) is 3.48. The van der Waals surface area contributed by atoms with Crippen LogP contribution in [0.3, 0.4) is 0 Å². The second kappa shape index (κ2) is 5.96. The Morgan fingerprint density at radius 2 is 1.83 bits per heavy atom. The minimum Gasteiger partial charge on any atom is -0.370 e. The molecule has 2 N–H and O–H groups in total. The number of halogens is 1. The van der Waals surface area contributed by atoms with Gasteiger partial charge in [0.05, 0.1) is 0 Å². The van der Waals surface area contributed by atoms with Gasteiger partial charge >= 0.3 is 0 Å². The predicted octanol–water partition coefficient (Wildman–Crippen LogP) is 2.23. The quantitative estimate of drug-likeness (QED) is 0.890. The molecule has 1 fully saturated rings. The molecule has 1 saturated heterocycles. The summed E-state index contributed by atoms with van der Waals surface area (Å²) in [4.78, 5) is 13.5. The number of hydrogen-bond acceptors (Lipinski definition) is 2. The van der Waals surface area contributed by atoms with Gasteiger partial charge in [-0.3, -0.25) is 9.69 Å². The van der Waals surface area contributed by atoms with Gasteiger partial charge in [-0.2, -0.15) is 0 Å². The summed E-state index contributed by atoms with van der Waals surface area (Å²) in [5, 5.41) is 0. The monoisotopic (exact) mass is 250 g/mol. The van der Waals surface area contributed by atoms with Crippen molar-refractivity contribution < 1.29 is 9.18 Å². The predicted molar refractivity (Wildman–Crippen MR) is 68.4 cm³/mol. The zero-order valence-corrected chi connectivity index (χ0v) is 10.4. The number of carbonyl (C=O) groups excluding carboxylic acids is 1. The van der Waals surface area contributed by atoms with Crippen LogP contribution in [0, 0.1) is 5.82 Å². The average Bonchev–Trinajstić information content (AvgIpc) is 2.38. The molecule has 4 heteroatoms. The van der Waals surface area contributed by atoms with E-state index in [1.54, 1.807) is 12.1 Å². The van der Waals surface area contributed by atoms with Crippen LogP contribution in [0.5, 0.6) is 0 Å². The summed E-state index contributed by atoms with van der Waals surface area (Å²) in [6.07, 6.45) is 3.84. The maximum atomic E-state index is 12.9. The molecule has 0 spiro atoms. The zero-order chi connectivity index (χ0) is 13.0. The highest BCUT2D eigenvalue weighted by Crippen LogP contribution is 2.27. The molecule has 0 aromatic heterocycles. The number of rotatable bonds is 4. The summed E-state index contributed by atoms with van der Waals surface area (Å²) in [6.45, 7) is 1.96. The summed E-state index contributed by atoms with van der Waals surface area (Å²) < 4.78 is 12.9. The fourth-order valence-electron chi connectivity index (χ4n) is 2.56. The van der Waals surface area contributed by atoms with Crippen LogP contribution in [0.1, 0.15) is 37.3 Å². The van der Waals surface area contributed by atoms with Crippen molar-refractivity contribution in [1.82, 2.24) is 4.90 Å². The van der Waals surface area contributed by atoms with Crippen LogP contribution < -0.4 is 5.73 Å². The number of amides is 1. The summed E-state index contributed by atoms with van der Waals surface area (Å²) in [6, 6.07) is 6.36. The number of hydrogen-bond donors (Lipinski definition) is 1. The Kier molecular flexibility index (Phi) is 4.31. The van der Waals surface area contributed by atoms with Gasteiger partial charge in [-0.15, -0.1) is 0 Å². The van der Waals surface area contributed by atoms with Gasteiger partial charge in [0, 0.05) is 12.5 Å². The Morgan fingerprint density at radius 1 is 1.22 bits per heavy atom. The number of primary amides is 1. The molecule has 2 rings (SSSR count). The van der Waals surface area contributed by atoms with E-state index >= 15 is 0 Å². The zero-order valence-electron chi connectivity index (χ0n) is 10.4. The topological polar surface area (TPSA) is 46.3 Å². The van der Waals surface area contributed by atoms with Crippen LogP contribution in [0.15, 0.2) is 24.3 Å². The van der Waals surface area contributed by atoms with Crippen LogP contribution in [-0.4, -0.2) is 23.9 Å². The first-order chi connectivity index (χ1) is 8.66. The molecule has 1 aromatic rings. The van der Waals surface area contributed by atoms with Crippen molar-refractivity contribution in [2.24, 2.45) is 5.73 Å². The van der Waals surface area contributed by atoms with E-state index < -0.39 is 0 Å². The van der Waals surface area contributed by atoms with E-state index in [9.17, 15) is 9.18 Å². The van der Waals surface area contributed by atoms with E-state index in [-0.39, 0.29) is 17.8 Å². The number of piperidine rings is 1. The van der Waals surface area contributed by atoms with Crippen LogP contribution in [0.25, 0.3) is 0 Å². The first-order valence-corrected chi connectivity index (χ1v) is 6.44. The number of likely N-dealkylation sites (tertiary alicyclic amines) is 1. The molecule has 1 heterocycles. The Balaban J connectivity index is 2.17. The molecule has 1 aliphatic rings. The lowest BCUT2D eigenvalue weighted by atomic mass is 9.98. The number of nitrogens with two attached hydrogens (primary N) is 1. The molecule has 1 unspecified atom stereocenters. The highest BCUT2D eigenvalue weighted by Gasteiger charge is 2.23. The third kappa shape index (κ3) is 3.29. The smallest absolute Gasteiger partial charge is 0.219 e. The van der Waals surface area contributed by atoms with Gasteiger partial charge in [-0.1, -0.05) is 18.6 Å². The van der Waals surface area contributed by atoms with Crippen LogP contribution in [-0.2, 0) is 4.79 Å². The standard InChI is InChI=1S/C14H19FN2O/c15-12-6-4-11(5-7-12)13(10-14(16)18)17-8-2-1-3-9-17/h4-7,13H,1-3,8-10H2,(H2,16,18). The molecule has 1 aromatic carbocycles. The molecule has 18 heavy (non-hydrogen) atoms. The summed E-state index contributed by atoms with van der Waals surface area (Å²) >= 11 is 0. The van der Waals surface area contributed by atoms with Gasteiger partial charge in [0.25, 0.3) is 0 Å². The van der Waals surface area contributed by atoms with Crippen molar-refractivity contribution in [3.63, 3.8) is 0 Å². The summed E-state index contributed by atoms with van der Waals surface area (Å²) in [5.74, 6) is -0.565. The van der Waals surface area contributed by atoms with Crippen molar-refractivity contribution >= 4 is 5.91 Å². The van der Waals surface area contributed by atoms with Gasteiger partial charge in [0.1, 0.15) is 5.82 Å². The molecule has 0 aliphatic carbocycles. The van der Waals surface area contributed by atoms with Gasteiger partial charge < -0.3 is 5.73 Å². The molecule has 1 amide bonds. The van der Waals surface area contributed by atoms with Crippen molar-refractivity contribution in [2.75, 3.05) is 13.1 Å². The van der Waals surface area contributed by atoms with Crippen LogP contribution in [0.4, 0.5) is 4.39 Å². The van der Waals surface area contributed by atoms with E-state index in [0.717, 1.165) is 31.5 Å². The first kappa shape index (κ1) is 13.0. The Bertz CT molecular complexity index is 399. The number of carbonyl (C=O) groups is 1. The Hall–Kier alpha value is -1.42. The lowest BCUT2D eigenvalue weighted by Gasteiger charge is -2.34. The highest BCUT2D eigenvalue weighted by atomic mass is 19.1. The highest BCUT2D eigenvalue weighted by molar-refractivity contribution is 5.74. The van der Waals surface area contributed by atoms with Gasteiger partial charge in [0.2, 0.25) is 5.91 Å². The molecule has 1 atom stereocenters. The fourth-order valence-corrected chi connectivity index (χ4v) is 2.56. The average molecular weight is 250 g/mol. The SMILES string of the molecule is NC(=O)CC(c1ccc(F)cc1)N1CCCCC1. The van der Waals surface area contributed by atoms with E-state index in [1.807, 2.05) is 0 Å². The van der Waals surface area contributed by atoms with Crippen molar-refractivity contribution in [3.05, 3.63) is 35.6 Å². The Morgan fingerprint density at radius 3 is 2.39 bits per heavy atom. The Labute approximate surface area is 107 Å². The third-order valence-electron chi connectivity index (χ3n) is 3.48. The molecule has 0 radical (unpaired) electrons. The first-order valence-electron chi connectivity index (χ1n) is 6.44. The summed E-state index contributed by atoms with van der Waals surface area (Å²) in [5.41, 5.74) is 6.30.